The van der Waals surface area contributed by atoms with Gasteiger partial charge in [-0.05, 0) is 55.3 Å². The fourth-order valence-electron chi connectivity index (χ4n) is 4.76. The minimum absolute atomic E-state index is 0.0287. The first-order valence-corrected chi connectivity index (χ1v) is 14.5. The number of alkyl halides is 3. The Hall–Kier alpha value is -2.18. The number of thiophene rings is 1. The van der Waals surface area contributed by atoms with E-state index in [0.717, 1.165) is 18.2 Å². The molecule has 3 unspecified atom stereocenters. The van der Waals surface area contributed by atoms with Gasteiger partial charge in [-0.1, -0.05) is 42.5 Å². The van der Waals surface area contributed by atoms with E-state index in [0.29, 0.717) is 23.7 Å². The number of benzene rings is 1. The Morgan fingerprint density at radius 1 is 1.11 bits per heavy atom. The molecule has 1 aliphatic carbocycles. The highest BCUT2D eigenvalue weighted by atomic mass is 32.2. The second-order valence-electron chi connectivity index (χ2n) is 9.60. The number of halogens is 3. The van der Waals surface area contributed by atoms with Crippen molar-refractivity contribution in [2.45, 2.75) is 54.8 Å². The summed E-state index contributed by atoms with van der Waals surface area (Å²) >= 11 is 1.18. The Balaban J connectivity index is 1.56. The minimum Gasteiger partial charge on any atom is -0.377 e. The Morgan fingerprint density at radius 2 is 1.84 bits per heavy atom. The number of nitrogens with zero attached hydrogens (tertiary/aromatic N) is 2. The van der Waals surface area contributed by atoms with Crippen LogP contribution in [0.15, 0.2) is 75.5 Å². The number of nitrogens with one attached hydrogen (secondary N) is 1. The quantitative estimate of drug-likeness (QED) is 0.495. The third-order valence-corrected chi connectivity index (χ3v) is 10.4. The first-order chi connectivity index (χ1) is 17.4. The van der Waals surface area contributed by atoms with Gasteiger partial charge < -0.3 is 15.3 Å². The van der Waals surface area contributed by atoms with Crippen LogP contribution in [0.2, 0.25) is 0 Å². The highest BCUT2D eigenvalue weighted by molar-refractivity contribution is 7.91. The molecule has 0 spiro atoms. The van der Waals surface area contributed by atoms with Crippen LogP contribution in [0.5, 0.6) is 0 Å². The van der Waals surface area contributed by atoms with Crippen LogP contribution in [-0.4, -0.2) is 66.7 Å². The molecule has 1 saturated heterocycles. The second-order valence-corrected chi connectivity index (χ2v) is 12.7. The van der Waals surface area contributed by atoms with Crippen LogP contribution in [0, 0.1) is 0 Å². The van der Waals surface area contributed by atoms with Crippen molar-refractivity contribution in [3.63, 3.8) is 0 Å². The lowest BCUT2D eigenvalue weighted by Crippen LogP contribution is -2.57. The van der Waals surface area contributed by atoms with Crippen LogP contribution < -0.4 is 5.32 Å². The Kier molecular flexibility index (Phi) is 8.20. The molecule has 0 radical (unpaired) electrons. The van der Waals surface area contributed by atoms with Gasteiger partial charge in [0, 0.05) is 37.9 Å². The van der Waals surface area contributed by atoms with Gasteiger partial charge in [0.1, 0.15) is 4.21 Å². The molecule has 0 saturated carbocycles. The van der Waals surface area contributed by atoms with Crippen molar-refractivity contribution in [2.75, 3.05) is 26.2 Å². The summed E-state index contributed by atoms with van der Waals surface area (Å²) in [4.78, 5) is 2.10. The third kappa shape index (κ3) is 5.96. The number of hydrogen-bond acceptors (Lipinski definition) is 6. The van der Waals surface area contributed by atoms with Gasteiger partial charge in [0.05, 0.1) is 6.04 Å². The highest BCUT2D eigenvalue weighted by Crippen LogP contribution is 2.40. The lowest BCUT2D eigenvalue weighted by Gasteiger charge is -2.44. The van der Waals surface area contributed by atoms with Gasteiger partial charge in [-0.2, -0.15) is 17.5 Å². The maximum atomic E-state index is 13.3. The molecule has 1 aromatic heterocycles. The molecule has 6 nitrogen and oxygen atoms in total. The summed E-state index contributed by atoms with van der Waals surface area (Å²) in [6, 6.07) is 13.0. The van der Waals surface area contributed by atoms with Crippen molar-refractivity contribution in [1.29, 1.82) is 0 Å². The van der Waals surface area contributed by atoms with Crippen molar-refractivity contribution in [3.8, 4) is 0 Å². The summed E-state index contributed by atoms with van der Waals surface area (Å²) < 4.78 is 68.2. The molecular weight excluding hydrogens is 523 g/mol. The molecular formula is C26H32F3N3O3S2. The summed E-state index contributed by atoms with van der Waals surface area (Å²) in [7, 11) is -3.63. The standard InChI is InChI=1S/C26H32F3N3O3S2/c1-19(20-7-4-3-5-8-20)30-17-23-18-31(37(34,35)24-9-6-16-36-24)14-15-32(23)22-12-10-21(11-13-22)25(2,33)26(27,28)29/h3-10,12,16,19,23,30,33H,11,13-15,17-18H2,1-2H3. The summed E-state index contributed by atoms with van der Waals surface area (Å²) in [5.74, 6) is 0. The van der Waals surface area contributed by atoms with Gasteiger partial charge in [0.25, 0.3) is 10.0 Å². The monoisotopic (exact) mass is 555 g/mol. The molecule has 2 aromatic rings. The predicted octanol–water partition coefficient (Wildman–Crippen LogP) is 4.69. The van der Waals surface area contributed by atoms with Gasteiger partial charge in [-0.25, -0.2) is 8.42 Å². The number of rotatable bonds is 8. The number of sulfonamides is 1. The number of aliphatic hydroxyl groups is 1. The zero-order valence-corrected chi connectivity index (χ0v) is 22.4. The fraction of sp³-hybridized carbons (Fsp3) is 0.462. The van der Waals surface area contributed by atoms with Gasteiger partial charge >= 0.3 is 6.18 Å². The van der Waals surface area contributed by atoms with Crippen LogP contribution in [0.3, 0.4) is 0 Å². The van der Waals surface area contributed by atoms with E-state index in [2.05, 4.69) is 10.2 Å². The van der Waals surface area contributed by atoms with Crippen LogP contribution in [0.1, 0.15) is 38.3 Å². The molecule has 37 heavy (non-hydrogen) atoms. The molecule has 0 amide bonds. The SMILES string of the molecule is CC(NCC1CN(S(=O)(=O)c2cccs2)CCN1C1=CC=C(C(C)(O)C(F)(F)F)CC1)c1ccccc1. The Labute approximate surface area is 220 Å². The second kappa shape index (κ2) is 10.9. The van der Waals surface area contributed by atoms with E-state index in [1.54, 1.807) is 23.6 Å². The molecule has 11 heteroatoms. The third-order valence-electron chi connectivity index (χ3n) is 7.17. The number of hydrogen-bond donors (Lipinski definition) is 2. The van der Waals surface area contributed by atoms with Crippen molar-refractivity contribution >= 4 is 21.4 Å². The lowest BCUT2D eigenvalue weighted by molar-refractivity contribution is -0.237. The molecule has 4 rings (SSSR count). The fourth-order valence-corrected chi connectivity index (χ4v) is 7.37. The van der Waals surface area contributed by atoms with E-state index in [1.165, 1.54) is 21.7 Å². The van der Waals surface area contributed by atoms with Crippen LogP contribution in [0.4, 0.5) is 13.2 Å². The maximum absolute atomic E-state index is 13.3. The van der Waals surface area contributed by atoms with Gasteiger partial charge in [-0.15, -0.1) is 11.3 Å². The summed E-state index contributed by atoms with van der Waals surface area (Å²) in [5, 5.41) is 15.3. The van der Waals surface area contributed by atoms with E-state index in [4.69, 9.17) is 0 Å². The topological polar surface area (TPSA) is 72.9 Å². The predicted molar refractivity (Wildman–Crippen MR) is 139 cm³/mol. The molecule has 3 atom stereocenters. The number of piperazine rings is 1. The molecule has 2 aliphatic rings. The summed E-state index contributed by atoms with van der Waals surface area (Å²) in [5.41, 5.74) is -1.01. The largest absolute Gasteiger partial charge is 0.420 e. The molecule has 1 aliphatic heterocycles. The first-order valence-electron chi connectivity index (χ1n) is 12.2. The van der Waals surface area contributed by atoms with Gasteiger partial charge in [0.15, 0.2) is 5.60 Å². The van der Waals surface area contributed by atoms with E-state index >= 15 is 0 Å². The Morgan fingerprint density at radius 3 is 2.43 bits per heavy atom. The average Bonchev–Trinajstić information content (AvgIpc) is 3.43. The van der Waals surface area contributed by atoms with Crippen LogP contribution >= 0.6 is 11.3 Å². The smallest absolute Gasteiger partial charge is 0.377 e. The Bertz CT molecular complexity index is 1230. The van der Waals surface area contributed by atoms with Gasteiger partial charge in [-0.3, -0.25) is 0 Å². The molecule has 0 bridgehead atoms. The first kappa shape index (κ1) is 27.8. The molecule has 1 aromatic carbocycles. The molecule has 2 N–H and O–H groups in total. The van der Waals surface area contributed by atoms with E-state index < -0.39 is 21.8 Å². The van der Waals surface area contributed by atoms with Crippen LogP contribution in [0.25, 0.3) is 0 Å². The van der Waals surface area contributed by atoms with Crippen molar-refractivity contribution in [2.24, 2.45) is 0 Å². The van der Waals surface area contributed by atoms with E-state index in [-0.39, 0.29) is 37.2 Å². The van der Waals surface area contributed by atoms with Crippen LogP contribution in [-0.2, 0) is 10.0 Å². The lowest BCUT2D eigenvalue weighted by atomic mass is 9.87. The normalized spacial score (nSPS) is 22.2. The molecule has 202 valence electrons. The average molecular weight is 556 g/mol. The number of allylic oxidation sites excluding steroid dienone is 3. The van der Waals surface area contributed by atoms with E-state index in [9.17, 15) is 26.7 Å². The van der Waals surface area contributed by atoms with Crippen molar-refractivity contribution in [3.05, 3.63) is 76.8 Å². The molecule has 2 heterocycles. The summed E-state index contributed by atoms with van der Waals surface area (Å²) in [6.45, 7) is 4.25. The maximum Gasteiger partial charge on any atom is 0.420 e. The highest BCUT2D eigenvalue weighted by Gasteiger charge is 2.52. The zero-order chi connectivity index (χ0) is 26.8. The minimum atomic E-state index is -4.76. The zero-order valence-electron chi connectivity index (χ0n) is 20.8. The van der Waals surface area contributed by atoms with Crippen molar-refractivity contribution < 1.29 is 26.7 Å². The van der Waals surface area contributed by atoms with E-state index in [1.807, 2.05) is 37.3 Å². The summed E-state index contributed by atoms with van der Waals surface area (Å²) in [6.07, 6.45) is -1.35. The van der Waals surface area contributed by atoms with Gasteiger partial charge in [0.2, 0.25) is 0 Å². The van der Waals surface area contributed by atoms with Crippen molar-refractivity contribution in [1.82, 2.24) is 14.5 Å². The molecule has 1 fully saturated rings.